The van der Waals surface area contributed by atoms with Gasteiger partial charge in [0.25, 0.3) is 0 Å². The third-order valence-corrected chi connectivity index (χ3v) is 8.86. The molecule has 1 atom stereocenters. The standard InChI is InChI=1S/C33H39N7O3/c1-21-31-30(36-32(40(31)17-14-34-21)22-12-15-39(16-13-22)20-29(41)37(2)3)24-10-11-25(28(19-24)43-5)35-33(42)27-18-23-8-6-7-9-26(23)38(27)4/h6-11,14,17,19,22,27H,12-13,15-16,18,20H2,1-5H3,(H,35,42). The molecule has 43 heavy (non-hydrogen) atoms. The average Bonchev–Trinajstić information content (AvgIpc) is 3.57. The number of carbonyl (C=O) groups excluding carboxylic acids is 2. The van der Waals surface area contributed by atoms with Gasteiger partial charge in [-0.15, -0.1) is 0 Å². The first-order valence-electron chi connectivity index (χ1n) is 14.8. The van der Waals surface area contributed by atoms with Crippen LogP contribution in [0.2, 0.25) is 0 Å². The highest BCUT2D eigenvalue weighted by Crippen LogP contribution is 2.37. The Morgan fingerprint density at radius 1 is 1.12 bits per heavy atom. The molecule has 0 bridgehead atoms. The van der Waals surface area contributed by atoms with Crippen LogP contribution in [0.1, 0.15) is 35.8 Å². The molecule has 6 rings (SSSR count). The predicted octanol–water partition coefficient (Wildman–Crippen LogP) is 3.98. The van der Waals surface area contributed by atoms with Gasteiger partial charge >= 0.3 is 0 Å². The minimum atomic E-state index is -0.289. The van der Waals surface area contributed by atoms with Crippen LogP contribution in [0.15, 0.2) is 54.9 Å². The monoisotopic (exact) mass is 581 g/mol. The molecule has 0 spiro atoms. The Hall–Kier alpha value is -4.44. The fourth-order valence-corrected chi connectivity index (χ4v) is 6.36. The predicted molar refractivity (Wildman–Crippen MR) is 168 cm³/mol. The minimum Gasteiger partial charge on any atom is -0.495 e. The topological polar surface area (TPSA) is 95.3 Å². The number of ether oxygens (including phenoxy) is 1. The summed E-state index contributed by atoms with van der Waals surface area (Å²) in [7, 11) is 7.17. The van der Waals surface area contributed by atoms with Gasteiger partial charge in [-0.25, -0.2) is 4.98 Å². The molecule has 1 saturated heterocycles. The van der Waals surface area contributed by atoms with E-state index in [4.69, 9.17) is 9.72 Å². The fourth-order valence-electron chi connectivity index (χ4n) is 6.36. The molecule has 2 aliphatic rings. The Bertz CT molecular complexity index is 1670. The van der Waals surface area contributed by atoms with E-state index in [9.17, 15) is 9.59 Å². The van der Waals surface area contributed by atoms with Crippen molar-refractivity contribution in [3.63, 3.8) is 0 Å². The minimum absolute atomic E-state index is 0.0712. The van der Waals surface area contributed by atoms with Crippen LogP contribution < -0.4 is 15.0 Å². The van der Waals surface area contributed by atoms with E-state index in [1.54, 1.807) is 26.1 Å². The highest BCUT2D eigenvalue weighted by atomic mass is 16.5. The van der Waals surface area contributed by atoms with E-state index in [0.717, 1.165) is 59.9 Å². The number of likely N-dealkylation sites (tertiary alicyclic amines) is 1. The Morgan fingerprint density at radius 2 is 1.88 bits per heavy atom. The molecule has 10 heteroatoms. The highest BCUT2D eigenvalue weighted by Gasteiger charge is 2.32. The molecule has 224 valence electrons. The molecular weight excluding hydrogens is 542 g/mol. The fraction of sp³-hybridized carbons (Fsp3) is 0.394. The van der Waals surface area contributed by atoms with Crippen molar-refractivity contribution in [2.75, 3.05) is 58.1 Å². The molecule has 0 saturated carbocycles. The Morgan fingerprint density at radius 3 is 2.60 bits per heavy atom. The van der Waals surface area contributed by atoms with Crippen LogP contribution in [-0.2, 0) is 16.0 Å². The van der Waals surface area contributed by atoms with Gasteiger partial charge in [0, 0.05) is 57.1 Å². The normalized spacial score (nSPS) is 17.2. The van der Waals surface area contributed by atoms with E-state index in [1.165, 1.54) is 5.56 Å². The number of carbonyl (C=O) groups is 2. The van der Waals surface area contributed by atoms with Crippen LogP contribution in [0.25, 0.3) is 16.8 Å². The van der Waals surface area contributed by atoms with E-state index in [0.29, 0.717) is 24.4 Å². The molecule has 1 N–H and O–H groups in total. The average molecular weight is 582 g/mol. The number of aryl methyl sites for hydroxylation is 1. The lowest BCUT2D eigenvalue weighted by Gasteiger charge is -2.31. The summed E-state index contributed by atoms with van der Waals surface area (Å²) in [6, 6.07) is 13.7. The smallest absolute Gasteiger partial charge is 0.247 e. The van der Waals surface area contributed by atoms with Gasteiger partial charge in [0.05, 0.1) is 36.2 Å². The van der Waals surface area contributed by atoms with Crippen LogP contribution in [0.5, 0.6) is 5.75 Å². The molecule has 2 aliphatic heterocycles. The van der Waals surface area contributed by atoms with Crippen molar-refractivity contribution in [2.45, 2.75) is 38.1 Å². The number of aromatic nitrogens is 3. The number of anilines is 2. The zero-order valence-electron chi connectivity index (χ0n) is 25.5. The molecule has 1 fully saturated rings. The summed E-state index contributed by atoms with van der Waals surface area (Å²) in [4.78, 5) is 41.3. The molecule has 1 unspecified atom stereocenters. The van der Waals surface area contributed by atoms with Gasteiger partial charge in [0.1, 0.15) is 17.6 Å². The van der Waals surface area contributed by atoms with Gasteiger partial charge in [0.2, 0.25) is 11.8 Å². The maximum absolute atomic E-state index is 13.4. The van der Waals surface area contributed by atoms with Crippen molar-refractivity contribution in [1.82, 2.24) is 24.2 Å². The van der Waals surface area contributed by atoms with Crippen molar-refractivity contribution in [3.8, 4) is 17.0 Å². The van der Waals surface area contributed by atoms with E-state index in [2.05, 4.69) is 25.7 Å². The number of para-hydroxylation sites is 1. The summed E-state index contributed by atoms with van der Waals surface area (Å²) in [5.74, 6) is 1.91. The van der Waals surface area contributed by atoms with Gasteiger partial charge in [0.15, 0.2) is 0 Å². The SMILES string of the molecule is COc1cc(-c2nc(C3CCN(CC(=O)N(C)C)CC3)n3ccnc(C)c23)ccc1NC(=O)C1Cc2ccccc2N1C. The first-order chi connectivity index (χ1) is 20.7. The van der Waals surface area contributed by atoms with Gasteiger partial charge in [-0.05, 0) is 56.6 Å². The molecule has 2 aromatic carbocycles. The zero-order chi connectivity index (χ0) is 30.2. The van der Waals surface area contributed by atoms with Crippen molar-refractivity contribution < 1.29 is 14.3 Å². The second kappa shape index (κ2) is 11.7. The first-order valence-corrected chi connectivity index (χ1v) is 14.8. The number of nitrogens with one attached hydrogen (secondary N) is 1. The lowest BCUT2D eigenvalue weighted by molar-refractivity contribution is -0.130. The van der Waals surface area contributed by atoms with Crippen molar-refractivity contribution >= 4 is 28.7 Å². The van der Waals surface area contributed by atoms with Crippen molar-refractivity contribution in [3.05, 3.63) is 71.9 Å². The quantitative estimate of drug-likeness (QED) is 0.353. The molecular formula is C33H39N7O3. The Labute approximate surface area is 252 Å². The Kier molecular flexibility index (Phi) is 7.79. The van der Waals surface area contributed by atoms with Crippen LogP contribution in [0.4, 0.5) is 11.4 Å². The number of rotatable bonds is 7. The summed E-state index contributed by atoms with van der Waals surface area (Å²) >= 11 is 0. The largest absolute Gasteiger partial charge is 0.495 e. The summed E-state index contributed by atoms with van der Waals surface area (Å²) < 4.78 is 7.94. The lowest BCUT2D eigenvalue weighted by Crippen LogP contribution is -2.40. The number of likely N-dealkylation sites (N-methyl/N-ethyl adjacent to an activating group) is 2. The van der Waals surface area contributed by atoms with E-state index in [1.807, 2.05) is 67.7 Å². The molecule has 4 aromatic rings. The molecule has 4 heterocycles. The summed E-state index contributed by atoms with van der Waals surface area (Å²) in [5.41, 5.74) is 6.48. The van der Waals surface area contributed by atoms with Crippen LogP contribution in [-0.4, -0.2) is 89.9 Å². The molecule has 10 nitrogen and oxygen atoms in total. The van der Waals surface area contributed by atoms with Crippen molar-refractivity contribution in [1.29, 1.82) is 0 Å². The number of hydrogen-bond donors (Lipinski definition) is 1. The second-order valence-electron chi connectivity index (χ2n) is 11.8. The highest BCUT2D eigenvalue weighted by molar-refractivity contribution is 6.00. The van der Waals surface area contributed by atoms with Gasteiger partial charge in [-0.2, -0.15) is 0 Å². The van der Waals surface area contributed by atoms with Crippen LogP contribution in [0.3, 0.4) is 0 Å². The maximum Gasteiger partial charge on any atom is 0.247 e. The lowest BCUT2D eigenvalue weighted by atomic mass is 9.96. The number of nitrogens with zero attached hydrogens (tertiary/aromatic N) is 6. The van der Waals surface area contributed by atoms with E-state index >= 15 is 0 Å². The summed E-state index contributed by atoms with van der Waals surface area (Å²) in [5, 5.41) is 3.10. The number of methoxy groups -OCH3 is 1. The van der Waals surface area contributed by atoms with E-state index in [-0.39, 0.29) is 23.8 Å². The summed E-state index contributed by atoms with van der Waals surface area (Å²) in [6.07, 6.45) is 6.32. The molecule has 2 aromatic heterocycles. The summed E-state index contributed by atoms with van der Waals surface area (Å²) in [6.45, 7) is 4.15. The number of amides is 2. The van der Waals surface area contributed by atoms with E-state index < -0.39 is 0 Å². The number of benzene rings is 2. The van der Waals surface area contributed by atoms with Crippen molar-refractivity contribution in [2.24, 2.45) is 0 Å². The maximum atomic E-state index is 13.4. The van der Waals surface area contributed by atoms with Gasteiger partial charge < -0.3 is 19.9 Å². The third-order valence-electron chi connectivity index (χ3n) is 8.86. The molecule has 0 aliphatic carbocycles. The molecule has 0 radical (unpaired) electrons. The third kappa shape index (κ3) is 5.43. The number of imidazole rings is 1. The van der Waals surface area contributed by atoms with Gasteiger partial charge in [-0.3, -0.25) is 23.9 Å². The Balaban J connectivity index is 1.25. The first kappa shape index (κ1) is 28.7. The number of fused-ring (bicyclic) bond motifs is 2. The van der Waals surface area contributed by atoms with Crippen LogP contribution >= 0.6 is 0 Å². The molecule has 2 amide bonds. The zero-order valence-corrected chi connectivity index (χ0v) is 25.5. The number of piperidine rings is 1. The van der Waals surface area contributed by atoms with Gasteiger partial charge in [-0.1, -0.05) is 24.3 Å². The second-order valence-corrected chi connectivity index (χ2v) is 11.8. The van der Waals surface area contributed by atoms with Crippen LogP contribution in [0, 0.1) is 6.92 Å². The number of hydrogen-bond acceptors (Lipinski definition) is 7.